The third-order valence-electron chi connectivity index (χ3n) is 3.86. The van der Waals surface area contributed by atoms with Crippen molar-refractivity contribution in [3.05, 3.63) is 64.4 Å². The number of carbonyl (C=O) groups excluding carboxylic acids is 2. The fourth-order valence-electron chi connectivity index (χ4n) is 2.53. The third-order valence-corrected chi connectivity index (χ3v) is 4.10. The number of hydrogen-bond donors (Lipinski definition) is 2. The van der Waals surface area contributed by atoms with Crippen molar-refractivity contribution in [2.45, 2.75) is 13.8 Å². The number of hydrazine groups is 1. The van der Waals surface area contributed by atoms with Crippen LogP contribution >= 0.6 is 11.6 Å². The van der Waals surface area contributed by atoms with Crippen LogP contribution in [0.3, 0.4) is 0 Å². The van der Waals surface area contributed by atoms with Gasteiger partial charge in [-0.25, -0.2) is 0 Å². The van der Waals surface area contributed by atoms with Gasteiger partial charge in [0, 0.05) is 16.0 Å². The normalized spacial score (nSPS) is 10.6. The van der Waals surface area contributed by atoms with E-state index in [1.54, 1.807) is 31.2 Å². The molecule has 7 heteroatoms. The van der Waals surface area contributed by atoms with Gasteiger partial charge in [-0.3, -0.25) is 20.4 Å². The average Bonchev–Trinajstić information content (AvgIpc) is 2.96. The van der Waals surface area contributed by atoms with E-state index in [9.17, 15) is 9.59 Å². The van der Waals surface area contributed by atoms with E-state index in [1.165, 1.54) is 0 Å². The molecule has 0 saturated heterocycles. The van der Waals surface area contributed by atoms with Gasteiger partial charge in [-0.15, -0.1) is 0 Å². The number of fused-ring (bicyclic) bond motifs is 1. The topological polar surface area (TPSA) is 80.6 Å². The minimum Gasteiger partial charge on any atom is -0.483 e. The SMILES string of the molecule is Cc1cc(Cl)ccc1OCC(=O)NNC(=O)c1oc2ccccc2c1C. The maximum atomic E-state index is 12.2. The van der Waals surface area contributed by atoms with Crippen molar-refractivity contribution in [1.82, 2.24) is 10.9 Å². The van der Waals surface area contributed by atoms with Crippen LogP contribution < -0.4 is 15.6 Å². The summed E-state index contributed by atoms with van der Waals surface area (Å²) in [5.41, 5.74) is 6.77. The van der Waals surface area contributed by atoms with Crippen LogP contribution in [0.15, 0.2) is 46.9 Å². The van der Waals surface area contributed by atoms with Crippen LogP contribution in [0.5, 0.6) is 5.75 Å². The highest BCUT2D eigenvalue weighted by Gasteiger charge is 2.18. The van der Waals surface area contributed by atoms with E-state index in [0.29, 0.717) is 21.9 Å². The molecular formula is C19H17ClN2O4. The number of furan rings is 1. The second-order valence-corrected chi connectivity index (χ2v) is 6.19. The number of nitrogens with one attached hydrogen (secondary N) is 2. The predicted octanol–water partition coefficient (Wildman–Crippen LogP) is 3.54. The minimum absolute atomic E-state index is 0.154. The molecule has 0 spiro atoms. The highest BCUT2D eigenvalue weighted by molar-refractivity contribution is 6.30. The van der Waals surface area contributed by atoms with Crippen LogP contribution in [-0.2, 0) is 4.79 Å². The van der Waals surface area contributed by atoms with Gasteiger partial charge >= 0.3 is 5.91 Å². The number of amides is 2. The summed E-state index contributed by atoms with van der Waals surface area (Å²) in [4.78, 5) is 24.1. The quantitative estimate of drug-likeness (QED) is 0.686. The first-order valence-corrected chi connectivity index (χ1v) is 8.30. The molecule has 6 nitrogen and oxygen atoms in total. The maximum absolute atomic E-state index is 12.2. The zero-order valence-electron chi connectivity index (χ0n) is 14.3. The number of aryl methyl sites for hydroxylation is 2. The van der Waals surface area contributed by atoms with Gasteiger partial charge in [0.1, 0.15) is 11.3 Å². The number of halogens is 1. The molecule has 3 aromatic rings. The fourth-order valence-corrected chi connectivity index (χ4v) is 2.75. The zero-order chi connectivity index (χ0) is 18.7. The predicted molar refractivity (Wildman–Crippen MR) is 98.2 cm³/mol. The van der Waals surface area contributed by atoms with E-state index in [4.69, 9.17) is 20.8 Å². The highest BCUT2D eigenvalue weighted by atomic mass is 35.5. The van der Waals surface area contributed by atoms with E-state index in [1.807, 2.05) is 25.1 Å². The Bertz CT molecular complexity index is 981. The molecule has 134 valence electrons. The molecule has 0 aliphatic heterocycles. The molecule has 1 aromatic heterocycles. The molecule has 0 aliphatic carbocycles. The van der Waals surface area contributed by atoms with Crippen molar-refractivity contribution >= 4 is 34.4 Å². The summed E-state index contributed by atoms with van der Waals surface area (Å²) in [5.74, 6) is -0.332. The van der Waals surface area contributed by atoms with Crippen molar-refractivity contribution in [3.8, 4) is 5.75 Å². The molecule has 3 rings (SSSR count). The fraction of sp³-hybridized carbons (Fsp3) is 0.158. The Hall–Kier alpha value is -2.99. The lowest BCUT2D eigenvalue weighted by atomic mass is 10.1. The molecular weight excluding hydrogens is 356 g/mol. The van der Waals surface area contributed by atoms with Gasteiger partial charge in [0.2, 0.25) is 0 Å². The molecule has 2 aromatic carbocycles. The van der Waals surface area contributed by atoms with Gasteiger partial charge in [-0.2, -0.15) is 0 Å². The van der Waals surface area contributed by atoms with Crippen LogP contribution in [0.25, 0.3) is 11.0 Å². The van der Waals surface area contributed by atoms with Crippen LogP contribution in [0.2, 0.25) is 5.02 Å². The number of para-hydroxylation sites is 1. The summed E-state index contributed by atoms with van der Waals surface area (Å²) in [5, 5.41) is 1.44. The van der Waals surface area contributed by atoms with E-state index in [-0.39, 0.29) is 12.4 Å². The van der Waals surface area contributed by atoms with E-state index in [0.717, 1.165) is 10.9 Å². The van der Waals surface area contributed by atoms with Gasteiger partial charge in [0.15, 0.2) is 12.4 Å². The Balaban J connectivity index is 1.56. The third kappa shape index (κ3) is 3.81. The molecule has 0 atom stereocenters. The standard InChI is InChI=1S/C19H17ClN2O4/c1-11-9-13(20)7-8-15(11)25-10-17(23)21-22-19(24)18-12(2)14-5-3-4-6-16(14)26-18/h3-9H,10H2,1-2H3,(H,21,23)(H,22,24). The molecule has 1 heterocycles. The van der Waals surface area contributed by atoms with Gasteiger partial charge in [0.05, 0.1) is 0 Å². The monoisotopic (exact) mass is 372 g/mol. The summed E-state index contributed by atoms with van der Waals surface area (Å²) in [6.45, 7) is 3.36. The molecule has 26 heavy (non-hydrogen) atoms. The summed E-state index contributed by atoms with van der Waals surface area (Å²) in [6, 6.07) is 12.4. The largest absolute Gasteiger partial charge is 0.483 e. The number of rotatable bonds is 4. The first-order valence-electron chi connectivity index (χ1n) is 7.92. The molecule has 0 fully saturated rings. The summed E-state index contributed by atoms with van der Waals surface area (Å²) >= 11 is 5.87. The molecule has 2 amide bonds. The van der Waals surface area contributed by atoms with Gasteiger partial charge in [0.25, 0.3) is 5.91 Å². The van der Waals surface area contributed by atoms with Crippen molar-refractivity contribution in [1.29, 1.82) is 0 Å². The summed E-state index contributed by atoms with van der Waals surface area (Å²) in [6.07, 6.45) is 0. The highest BCUT2D eigenvalue weighted by Crippen LogP contribution is 2.24. The van der Waals surface area contributed by atoms with E-state index in [2.05, 4.69) is 10.9 Å². The minimum atomic E-state index is -0.533. The van der Waals surface area contributed by atoms with Gasteiger partial charge in [-0.05, 0) is 43.7 Å². The molecule has 0 bridgehead atoms. The first kappa shape index (κ1) is 17.8. The number of benzene rings is 2. The molecule has 0 aliphatic rings. The van der Waals surface area contributed by atoms with Crippen molar-refractivity contribution in [3.63, 3.8) is 0 Å². The Morgan fingerprint density at radius 1 is 1.12 bits per heavy atom. The average molecular weight is 373 g/mol. The molecule has 0 radical (unpaired) electrons. The Morgan fingerprint density at radius 2 is 1.88 bits per heavy atom. The number of hydrogen-bond acceptors (Lipinski definition) is 4. The number of ether oxygens (including phenoxy) is 1. The molecule has 2 N–H and O–H groups in total. The first-order chi connectivity index (χ1) is 12.5. The lowest BCUT2D eigenvalue weighted by Gasteiger charge is -2.10. The summed E-state index contributed by atoms with van der Waals surface area (Å²) < 4.78 is 11.0. The Kier molecular flexibility index (Phi) is 5.14. The van der Waals surface area contributed by atoms with Gasteiger partial charge < -0.3 is 9.15 Å². The zero-order valence-corrected chi connectivity index (χ0v) is 15.0. The van der Waals surface area contributed by atoms with Gasteiger partial charge in [-0.1, -0.05) is 29.8 Å². The van der Waals surface area contributed by atoms with E-state index < -0.39 is 11.8 Å². The molecule has 0 unspecified atom stereocenters. The van der Waals surface area contributed by atoms with Crippen LogP contribution in [0.4, 0.5) is 0 Å². The molecule has 0 saturated carbocycles. The van der Waals surface area contributed by atoms with Crippen molar-refractivity contribution < 1.29 is 18.7 Å². The Labute approximate surface area is 155 Å². The van der Waals surface area contributed by atoms with Crippen LogP contribution in [-0.4, -0.2) is 18.4 Å². The smallest absolute Gasteiger partial charge is 0.305 e. The lowest BCUT2D eigenvalue weighted by molar-refractivity contribution is -0.123. The van der Waals surface area contributed by atoms with Crippen LogP contribution in [0, 0.1) is 13.8 Å². The maximum Gasteiger partial charge on any atom is 0.305 e. The summed E-state index contributed by atoms with van der Waals surface area (Å²) in [7, 11) is 0. The Morgan fingerprint density at radius 3 is 2.62 bits per heavy atom. The second-order valence-electron chi connectivity index (χ2n) is 5.75. The number of carbonyl (C=O) groups is 2. The van der Waals surface area contributed by atoms with Crippen molar-refractivity contribution in [2.24, 2.45) is 0 Å². The second kappa shape index (κ2) is 7.49. The van der Waals surface area contributed by atoms with E-state index >= 15 is 0 Å². The van der Waals surface area contributed by atoms with Crippen molar-refractivity contribution in [2.75, 3.05) is 6.61 Å². The lowest BCUT2D eigenvalue weighted by Crippen LogP contribution is -2.43. The van der Waals surface area contributed by atoms with Crippen LogP contribution in [0.1, 0.15) is 21.7 Å².